The van der Waals surface area contributed by atoms with Crippen molar-refractivity contribution >= 4 is 27.5 Å². The first kappa shape index (κ1) is 21.8. The number of benzene rings is 2. The summed E-state index contributed by atoms with van der Waals surface area (Å²) < 4.78 is 36.3. The minimum atomic E-state index is -3.34. The van der Waals surface area contributed by atoms with Crippen molar-refractivity contribution in [3.05, 3.63) is 58.7 Å². The number of carbonyl (C=O) groups is 2. The van der Waals surface area contributed by atoms with Crippen LogP contribution in [-0.2, 0) is 26.0 Å². The van der Waals surface area contributed by atoms with Gasteiger partial charge in [-0.2, -0.15) is 0 Å². The largest absolute Gasteiger partial charge is 0.481 e. The molecule has 2 aromatic rings. The molecule has 3 rings (SSSR count). The topological polar surface area (TPSA) is 90.0 Å². The van der Waals surface area contributed by atoms with Gasteiger partial charge in [0.15, 0.2) is 19.0 Å². The average Bonchev–Trinajstić information content (AvgIpc) is 3.15. The summed E-state index contributed by atoms with van der Waals surface area (Å²) in [6.45, 7) is 5.06. The number of aryl methyl sites for hydroxylation is 2. The number of esters is 1. The average molecular weight is 432 g/mol. The van der Waals surface area contributed by atoms with E-state index in [1.54, 1.807) is 25.1 Å². The number of sulfonamides is 1. The van der Waals surface area contributed by atoms with Crippen molar-refractivity contribution in [3.8, 4) is 5.75 Å². The Morgan fingerprint density at radius 1 is 1.07 bits per heavy atom. The van der Waals surface area contributed by atoms with E-state index in [-0.39, 0.29) is 18.1 Å². The normalized spacial score (nSPS) is 13.1. The van der Waals surface area contributed by atoms with Gasteiger partial charge < -0.3 is 9.47 Å². The molecule has 1 aliphatic heterocycles. The Kier molecular flexibility index (Phi) is 6.45. The molecule has 0 fully saturated rings. The van der Waals surface area contributed by atoms with Crippen molar-refractivity contribution in [2.45, 2.75) is 27.2 Å². The van der Waals surface area contributed by atoms with Gasteiger partial charge in [-0.25, -0.2) is 13.2 Å². The molecule has 0 atom stereocenters. The lowest BCUT2D eigenvalue weighted by molar-refractivity contribution is -0.144. The van der Waals surface area contributed by atoms with Gasteiger partial charge in [-0.1, -0.05) is 18.2 Å². The zero-order chi connectivity index (χ0) is 21.9. The molecule has 30 heavy (non-hydrogen) atoms. The van der Waals surface area contributed by atoms with Crippen LogP contribution in [0.4, 0.5) is 5.69 Å². The molecular formula is C22H25NO6S. The number of ketones is 1. The van der Waals surface area contributed by atoms with Crippen molar-refractivity contribution in [1.82, 2.24) is 0 Å². The SMILES string of the molecule is CCS(=O)(=O)N1CCc2cc(C(=O)COC(=O)COc3c(C)cccc3C)ccc21. The Morgan fingerprint density at radius 3 is 2.43 bits per heavy atom. The van der Waals surface area contributed by atoms with Gasteiger partial charge in [0.25, 0.3) is 0 Å². The lowest BCUT2D eigenvalue weighted by Crippen LogP contribution is -2.30. The van der Waals surface area contributed by atoms with Crippen molar-refractivity contribution in [3.63, 3.8) is 0 Å². The number of ether oxygens (including phenoxy) is 2. The van der Waals surface area contributed by atoms with Crippen LogP contribution in [0.2, 0.25) is 0 Å². The van der Waals surface area contributed by atoms with Crippen molar-refractivity contribution in [2.75, 3.05) is 29.8 Å². The maximum absolute atomic E-state index is 12.4. The van der Waals surface area contributed by atoms with E-state index in [0.717, 1.165) is 16.7 Å². The molecule has 0 aromatic heterocycles. The third kappa shape index (κ3) is 4.64. The molecule has 7 nitrogen and oxygen atoms in total. The first-order chi connectivity index (χ1) is 14.2. The second-order valence-corrected chi connectivity index (χ2v) is 9.34. The summed E-state index contributed by atoms with van der Waals surface area (Å²) in [6.07, 6.45) is 0.541. The number of para-hydroxylation sites is 1. The highest BCUT2D eigenvalue weighted by Gasteiger charge is 2.28. The fourth-order valence-corrected chi connectivity index (χ4v) is 4.58. The van der Waals surface area contributed by atoms with Gasteiger partial charge in [0.05, 0.1) is 11.4 Å². The quantitative estimate of drug-likeness (QED) is 0.472. The highest BCUT2D eigenvalue weighted by Crippen LogP contribution is 2.31. The Balaban J connectivity index is 1.57. The van der Waals surface area contributed by atoms with E-state index in [1.165, 1.54) is 4.31 Å². The predicted octanol–water partition coefficient (Wildman–Crippen LogP) is 2.82. The lowest BCUT2D eigenvalue weighted by atomic mass is 10.1. The number of rotatable bonds is 8. The van der Waals surface area contributed by atoms with Crippen LogP contribution >= 0.6 is 0 Å². The molecule has 0 unspecified atom stereocenters. The fourth-order valence-electron chi connectivity index (χ4n) is 3.42. The molecule has 0 aliphatic carbocycles. The second-order valence-electron chi connectivity index (χ2n) is 7.16. The summed E-state index contributed by atoms with van der Waals surface area (Å²) in [5.41, 5.74) is 3.61. The smallest absolute Gasteiger partial charge is 0.344 e. The van der Waals surface area contributed by atoms with Crippen LogP contribution in [0.5, 0.6) is 5.75 Å². The molecule has 0 bridgehead atoms. The zero-order valence-electron chi connectivity index (χ0n) is 17.3. The molecule has 0 N–H and O–H groups in total. The third-order valence-corrected chi connectivity index (χ3v) is 6.84. The summed E-state index contributed by atoms with van der Waals surface area (Å²) >= 11 is 0. The van der Waals surface area contributed by atoms with Gasteiger partial charge in [-0.05, 0) is 62.1 Å². The molecule has 0 spiro atoms. The van der Waals surface area contributed by atoms with E-state index < -0.39 is 22.6 Å². The molecule has 0 radical (unpaired) electrons. The van der Waals surface area contributed by atoms with E-state index in [0.29, 0.717) is 30.0 Å². The lowest BCUT2D eigenvalue weighted by Gasteiger charge is -2.18. The van der Waals surface area contributed by atoms with Gasteiger partial charge in [-0.3, -0.25) is 9.10 Å². The van der Waals surface area contributed by atoms with E-state index >= 15 is 0 Å². The van der Waals surface area contributed by atoms with Crippen molar-refractivity contribution < 1.29 is 27.5 Å². The minimum Gasteiger partial charge on any atom is -0.481 e. The summed E-state index contributed by atoms with van der Waals surface area (Å²) in [6, 6.07) is 10.5. The third-order valence-electron chi connectivity index (χ3n) is 5.06. The molecule has 2 aromatic carbocycles. The molecular weight excluding hydrogens is 406 g/mol. The Morgan fingerprint density at radius 2 is 1.77 bits per heavy atom. The number of Topliss-reactive ketones (excluding diaryl/α,β-unsaturated/α-hetero) is 1. The first-order valence-corrected chi connectivity index (χ1v) is 11.3. The second kappa shape index (κ2) is 8.87. The van der Waals surface area contributed by atoms with Crippen LogP contribution in [0.25, 0.3) is 0 Å². The van der Waals surface area contributed by atoms with Gasteiger partial charge in [0, 0.05) is 12.1 Å². The van der Waals surface area contributed by atoms with Crippen molar-refractivity contribution in [2.24, 2.45) is 0 Å². The zero-order valence-corrected chi connectivity index (χ0v) is 18.1. The Hall–Kier alpha value is -2.87. The number of hydrogen-bond acceptors (Lipinski definition) is 6. The summed E-state index contributed by atoms with van der Waals surface area (Å²) in [7, 11) is -3.34. The Labute approximate surface area is 176 Å². The van der Waals surface area contributed by atoms with Crippen LogP contribution in [-0.4, -0.2) is 45.7 Å². The molecule has 160 valence electrons. The predicted molar refractivity (Wildman–Crippen MR) is 114 cm³/mol. The molecule has 0 saturated heterocycles. The van der Waals surface area contributed by atoms with Crippen LogP contribution in [0.3, 0.4) is 0 Å². The highest BCUT2D eigenvalue weighted by atomic mass is 32.2. The van der Waals surface area contributed by atoms with Crippen LogP contribution < -0.4 is 9.04 Å². The van der Waals surface area contributed by atoms with Gasteiger partial charge in [0.2, 0.25) is 10.0 Å². The summed E-state index contributed by atoms with van der Waals surface area (Å²) in [5, 5.41) is 0. The van der Waals surface area contributed by atoms with Crippen LogP contribution in [0, 0.1) is 13.8 Å². The number of carbonyl (C=O) groups excluding carboxylic acids is 2. The number of fused-ring (bicyclic) bond motifs is 1. The van der Waals surface area contributed by atoms with Crippen LogP contribution in [0.15, 0.2) is 36.4 Å². The minimum absolute atomic E-state index is 0.0210. The molecule has 1 aliphatic rings. The summed E-state index contributed by atoms with van der Waals surface area (Å²) in [4.78, 5) is 24.4. The van der Waals surface area contributed by atoms with E-state index in [1.807, 2.05) is 32.0 Å². The molecule has 0 saturated carbocycles. The first-order valence-electron chi connectivity index (χ1n) is 9.74. The number of anilines is 1. The maximum atomic E-state index is 12.4. The maximum Gasteiger partial charge on any atom is 0.344 e. The highest BCUT2D eigenvalue weighted by molar-refractivity contribution is 7.92. The number of nitrogens with zero attached hydrogens (tertiary/aromatic N) is 1. The summed E-state index contributed by atoms with van der Waals surface area (Å²) in [5.74, 6) is -0.332. The standard InChI is InChI=1S/C22H25NO6S/c1-4-30(26,27)23-11-10-17-12-18(8-9-19(17)23)20(24)13-28-21(25)14-29-22-15(2)6-5-7-16(22)3/h5-9,12H,4,10-11,13-14H2,1-3H3. The monoisotopic (exact) mass is 431 g/mol. The van der Waals surface area contributed by atoms with Gasteiger partial charge in [0.1, 0.15) is 5.75 Å². The number of hydrogen-bond donors (Lipinski definition) is 0. The van der Waals surface area contributed by atoms with Crippen LogP contribution in [0.1, 0.15) is 34.0 Å². The molecule has 8 heteroatoms. The fraction of sp³-hybridized carbons (Fsp3) is 0.364. The van der Waals surface area contributed by atoms with E-state index in [4.69, 9.17) is 9.47 Å². The van der Waals surface area contributed by atoms with Crippen molar-refractivity contribution in [1.29, 1.82) is 0 Å². The Bertz CT molecular complexity index is 1060. The molecule has 0 amide bonds. The van der Waals surface area contributed by atoms with E-state index in [9.17, 15) is 18.0 Å². The van der Waals surface area contributed by atoms with Gasteiger partial charge in [-0.15, -0.1) is 0 Å². The van der Waals surface area contributed by atoms with E-state index in [2.05, 4.69) is 0 Å². The van der Waals surface area contributed by atoms with Gasteiger partial charge >= 0.3 is 5.97 Å². The molecule has 1 heterocycles.